The maximum Gasteiger partial charge on any atom is 0.337 e. The van der Waals surface area contributed by atoms with E-state index in [1.54, 1.807) is 6.33 Å². The molecular formula is C39H57N7O3. The summed E-state index contributed by atoms with van der Waals surface area (Å²) in [5.41, 5.74) is 7.48. The van der Waals surface area contributed by atoms with Crippen LogP contribution in [0.4, 0.5) is 17.3 Å². The fourth-order valence-electron chi connectivity index (χ4n) is 7.12. The van der Waals surface area contributed by atoms with Gasteiger partial charge in [0.15, 0.2) is 6.10 Å². The van der Waals surface area contributed by atoms with Crippen LogP contribution in [0.1, 0.15) is 88.1 Å². The van der Waals surface area contributed by atoms with Crippen molar-refractivity contribution >= 4 is 23.3 Å². The van der Waals surface area contributed by atoms with Crippen molar-refractivity contribution in [3.05, 3.63) is 58.7 Å². The lowest BCUT2D eigenvalue weighted by Crippen LogP contribution is -2.39. The van der Waals surface area contributed by atoms with E-state index in [-0.39, 0.29) is 5.41 Å². The lowest BCUT2D eigenvalue weighted by molar-refractivity contribution is -0.160. The molecule has 2 aliphatic rings. The molecule has 1 saturated heterocycles. The number of rotatable bonds is 11. The Bertz CT molecular complexity index is 1640. The number of hydrogen-bond acceptors (Lipinski definition) is 9. The summed E-state index contributed by atoms with van der Waals surface area (Å²) < 4.78 is 6.28. The molecule has 0 unspecified atom stereocenters. The normalized spacial score (nSPS) is 16.9. The number of carbonyl (C=O) groups is 1. The van der Waals surface area contributed by atoms with Gasteiger partial charge < -0.3 is 29.4 Å². The van der Waals surface area contributed by atoms with Crippen LogP contribution in [0.5, 0.6) is 0 Å². The number of carboxylic acids is 1. The standard InChI is InChI=1S/C39H57N7O3/c1-26-33(35(45-20-15-39(6,7)16-21-45)34(27(2)42-26)36(37(47)48)49-38(3,4)5)29-12-13-30-24-46(19-14-28(30)22-29)32-23-31(40-25-41-32)44(10)18-11-17-43(8)9/h12-13,22-23,25,36H,11,14-21,24H2,1-10H3,(H,47,48)/t36-/m0/s1. The summed E-state index contributed by atoms with van der Waals surface area (Å²) in [4.78, 5) is 36.2. The van der Waals surface area contributed by atoms with Crippen molar-refractivity contribution in [2.24, 2.45) is 5.41 Å². The van der Waals surface area contributed by atoms with E-state index in [2.05, 4.69) is 95.7 Å². The van der Waals surface area contributed by atoms with E-state index < -0.39 is 17.7 Å². The Morgan fingerprint density at radius 2 is 1.69 bits per heavy atom. The van der Waals surface area contributed by atoms with Crippen molar-refractivity contribution < 1.29 is 14.6 Å². The number of hydrogen-bond donors (Lipinski definition) is 1. The third-order valence-electron chi connectivity index (χ3n) is 9.93. The van der Waals surface area contributed by atoms with E-state index in [1.165, 1.54) is 11.1 Å². The van der Waals surface area contributed by atoms with Crippen LogP contribution < -0.4 is 14.7 Å². The molecule has 5 rings (SSSR count). The Kier molecular flexibility index (Phi) is 10.9. The second-order valence-corrected chi connectivity index (χ2v) is 16.0. The monoisotopic (exact) mass is 671 g/mol. The molecule has 0 amide bonds. The summed E-state index contributed by atoms with van der Waals surface area (Å²) in [5, 5.41) is 10.5. The quantitative estimate of drug-likeness (QED) is 0.238. The molecule has 1 aromatic carbocycles. The predicted molar refractivity (Wildman–Crippen MR) is 199 cm³/mol. The summed E-state index contributed by atoms with van der Waals surface area (Å²) >= 11 is 0. The highest BCUT2D eigenvalue weighted by molar-refractivity contribution is 5.88. The summed E-state index contributed by atoms with van der Waals surface area (Å²) in [6.07, 6.45) is 4.55. The zero-order valence-corrected chi connectivity index (χ0v) is 31.4. The van der Waals surface area contributed by atoms with Gasteiger partial charge in [-0.05, 0) is 103 Å². The first-order valence-electron chi connectivity index (χ1n) is 17.7. The molecule has 0 spiro atoms. The van der Waals surface area contributed by atoms with Crippen LogP contribution in [0, 0.1) is 19.3 Å². The third-order valence-corrected chi connectivity index (χ3v) is 9.93. The molecule has 0 saturated carbocycles. The van der Waals surface area contributed by atoms with Crippen molar-refractivity contribution in [1.29, 1.82) is 0 Å². The Morgan fingerprint density at radius 1 is 0.980 bits per heavy atom. The molecule has 1 N–H and O–H groups in total. The Balaban J connectivity index is 1.50. The van der Waals surface area contributed by atoms with E-state index in [0.717, 1.165) is 99.1 Å². The van der Waals surface area contributed by atoms with Crippen LogP contribution in [0.2, 0.25) is 0 Å². The minimum atomic E-state index is -1.13. The van der Waals surface area contributed by atoms with Crippen molar-refractivity contribution in [2.75, 3.05) is 68.6 Å². The molecule has 0 aliphatic carbocycles. The molecule has 3 aromatic rings. The largest absolute Gasteiger partial charge is 0.479 e. The second-order valence-electron chi connectivity index (χ2n) is 16.0. The van der Waals surface area contributed by atoms with Crippen LogP contribution >= 0.6 is 0 Å². The van der Waals surface area contributed by atoms with Gasteiger partial charge >= 0.3 is 5.97 Å². The zero-order chi connectivity index (χ0) is 35.7. The van der Waals surface area contributed by atoms with Crippen molar-refractivity contribution in [1.82, 2.24) is 19.9 Å². The van der Waals surface area contributed by atoms with Gasteiger partial charge in [-0.3, -0.25) is 4.98 Å². The van der Waals surface area contributed by atoms with E-state index in [9.17, 15) is 9.90 Å². The molecule has 2 aromatic heterocycles. The fraction of sp³-hybridized carbons (Fsp3) is 0.590. The van der Waals surface area contributed by atoms with Crippen LogP contribution in [0.25, 0.3) is 11.1 Å². The number of carboxylic acid groups (broad SMARTS) is 1. The summed E-state index contributed by atoms with van der Waals surface area (Å²) in [5.74, 6) is 0.884. The maximum atomic E-state index is 12.9. The Hall–Kier alpha value is -3.76. The molecule has 266 valence electrons. The van der Waals surface area contributed by atoms with E-state index in [4.69, 9.17) is 9.72 Å². The van der Waals surface area contributed by atoms with Gasteiger partial charge in [-0.25, -0.2) is 14.8 Å². The zero-order valence-electron chi connectivity index (χ0n) is 31.4. The maximum absolute atomic E-state index is 12.9. The third kappa shape index (κ3) is 8.70. The first kappa shape index (κ1) is 36.5. The number of fused-ring (bicyclic) bond motifs is 1. The number of aryl methyl sites for hydroxylation is 2. The second kappa shape index (κ2) is 14.6. The molecule has 10 nitrogen and oxygen atoms in total. The van der Waals surface area contributed by atoms with Crippen molar-refractivity contribution in [3.63, 3.8) is 0 Å². The molecule has 1 atom stereocenters. The molecule has 2 aliphatic heterocycles. The van der Waals surface area contributed by atoms with Gasteiger partial charge in [-0.15, -0.1) is 0 Å². The van der Waals surface area contributed by atoms with Gasteiger partial charge in [0.2, 0.25) is 0 Å². The molecule has 0 radical (unpaired) electrons. The van der Waals surface area contributed by atoms with Gasteiger partial charge in [-0.2, -0.15) is 0 Å². The fourth-order valence-corrected chi connectivity index (χ4v) is 7.12. The van der Waals surface area contributed by atoms with E-state index >= 15 is 0 Å². The van der Waals surface area contributed by atoms with Crippen molar-refractivity contribution in [2.45, 2.75) is 92.4 Å². The van der Waals surface area contributed by atoms with Gasteiger partial charge in [0, 0.05) is 68.4 Å². The average molecular weight is 672 g/mol. The van der Waals surface area contributed by atoms with E-state index in [1.807, 2.05) is 27.7 Å². The van der Waals surface area contributed by atoms with Gasteiger partial charge in [0.05, 0.1) is 11.3 Å². The Labute approximate surface area is 293 Å². The molecule has 10 heteroatoms. The lowest BCUT2D eigenvalue weighted by atomic mass is 9.81. The lowest BCUT2D eigenvalue weighted by Gasteiger charge is -2.41. The predicted octanol–water partition coefficient (Wildman–Crippen LogP) is 6.67. The first-order valence-corrected chi connectivity index (χ1v) is 17.7. The smallest absolute Gasteiger partial charge is 0.337 e. The average Bonchev–Trinajstić information content (AvgIpc) is 3.02. The van der Waals surface area contributed by atoms with E-state index in [0.29, 0.717) is 11.3 Å². The van der Waals surface area contributed by atoms with Crippen LogP contribution in [-0.4, -0.2) is 90.4 Å². The van der Waals surface area contributed by atoms with Gasteiger partial charge in [0.25, 0.3) is 0 Å². The highest BCUT2D eigenvalue weighted by Crippen LogP contribution is 2.45. The Morgan fingerprint density at radius 3 is 2.35 bits per heavy atom. The number of benzene rings is 1. The van der Waals surface area contributed by atoms with Gasteiger partial charge in [0.1, 0.15) is 18.0 Å². The number of nitrogens with zero attached hydrogens (tertiary/aromatic N) is 7. The number of pyridine rings is 1. The molecule has 49 heavy (non-hydrogen) atoms. The number of aliphatic carboxylic acids is 1. The minimum Gasteiger partial charge on any atom is -0.479 e. The molecule has 1 fully saturated rings. The van der Waals surface area contributed by atoms with Crippen LogP contribution in [0.15, 0.2) is 30.6 Å². The first-order chi connectivity index (χ1) is 23.0. The van der Waals surface area contributed by atoms with Gasteiger partial charge in [-0.1, -0.05) is 32.0 Å². The summed E-state index contributed by atoms with van der Waals surface area (Å²) in [6, 6.07) is 8.82. The van der Waals surface area contributed by atoms with Crippen LogP contribution in [0.3, 0.4) is 0 Å². The summed E-state index contributed by atoms with van der Waals surface area (Å²) in [7, 11) is 6.29. The van der Waals surface area contributed by atoms with Crippen molar-refractivity contribution in [3.8, 4) is 11.1 Å². The molecule has 4 heterocycles. The number of piperidine rings is 1. The topological polar surface area (TPSA) is 98.2 Å². The highest BCUT2D eigenvalue weighted by Gasteiger charge is 2.36. The number of aromatic nitrogens is 3. The summed E-state index contributed by atoms with van der Waals surface area (Å²) in [6.45, 7) is 19.6. The highest BCUT2D eigenvalue weighted by atomic mass is 16.5. The SMILES string of the molecule is Cc1nc(C)c([C@H](OC(C)(C)C)C(=O)O)c(N2CCC(C)(C)CC2)c1-c1ccc2c(c1)CCN(c1cc(N(C)CCCN(C)C)ncn1)C2. The number of ether oxygens (including phenoxy) is 1. The molecular weight excluding hydrogens is 614 g/mol. The minimum absolute atomic E-state index is 0.242. The molecule has 0 bridgehead atoms. The van der Waals surface area contributed by atoms with Crippen LogP contribution in [-0.2, 0) is 22.5 Å². The number of anilines is 3.